The molecule has 1 aromatic heterocycles. The molecule has 4 aliphatic rings. The normalized spacial score (nSPS) is 37.5. The Bertz CT molecular complexity index is 653. The fourth-order valence-electron chi connectivity index (χ4n) is 5.56. The Labute approximate surface area is 144 Å². The molecule has 4 fully saturated rings. The Morgan fingerprint density at radius 2 is 1.92 bits per heavy atom. The number of amides is 1. The van der Waals surface area contributed by atoms with Crippen molar-refractivity contribution in [1.29, 1.82) is 0 Å². The third kappa shape index (κ3) is 2.55. The Morgan fingerprint density at radius 3 is 2.50 bits per heavy atom. The summed E-state index contributed by atoms with van der Waals surface area (Å²) in [4.78, 5) is 17.6. The summed E-state index contributed by atoms with van der Waals surface area (Å²) in [5.74, 6) is 1.59. The van der Waals surface area contributed by atoms with Gasteiger partial charge in [-0.2, -0.15) is 0 Å². The molecule has 4 heteroatoms. The number of aliphatic hydroxyl groups is 1. The van der Waals surface area contributed by atoms with Crippen molar-refractivity contribution in [3.63, 3.8) is 0 Å². The van der Waals surface area contributed by atoms with Crippen molar-refractivity contribution in [3.8, 4) is 0 Å². The molecular weight excluding hydrogens is 300 g/mol. The second-order valence-electron chi connectivity index (χ2n) is 8.98. The van der Waals surface area contributed by atoms with Crippen LogP contribution in [-0.4, -0.2) is 27.6 Å². The topological polar surface area (TPSA) is 62.2 Å². The van der Waals surface area contributed by atoms with Crippen LogP contribution in [-0.2, 0) is 10.2 Å². The van der Waals surface area contributed by atoms with Crippen LogP contribution < -0.4 is 5.32 Å². The van der Waals surface area contributed by atoms with E-state index in [4.69, 9.17) is 0 Å². The number of aromatic nitrogens is 1. The average molecular weight is 328 g/mol. The molecule has 4 nitrogen and oxygen atoms in total. The minimum absolute atomic E-state index is 0.0602. The van der Waals surface area contributed by atoms with Gasteiger partial charge < -0.3 is 10.4 Å². The molecule has 0 aromatic carbocycles. The van der Waals surface area contributed by atoms with Crippen LogP contribution in [0.4, 0.5) is 0 Å². The highest BCUT2D eigenvalue weighted by molar-refractivity contribution is 5.87. The first kappa shape index (κ1) is 16.1. The molecule has 130 valence electrons. The minimum Gasteiger partial charge on any atom is -0.390 e. The number of hydrogen-bond donors (Lipinski definition) is 2. The van der Waals surface area contributed by atoms with Crippen LogP contribution in [0.1, 0.15) is 57.3 Å². The van der Waals surface area contributed by atoms with E-state index >= 15 is 0 Å². The highest BCUT2D eigenvalue weighted by Crippen LogP contribution is 2.55. The molecule has 2 atom stereocenters. The highest BCUT2D eigenvalue weighted by Gasteiger charge is 2.55. The third-order valence-corrected chi connectivity index (χ3v) is 6.63. The van der Waals surface area contributed by atoms with Gasteiger partial charge in [-0.3, -0.25) is 9.78 Å². The number of hydrogen-bond acceptors (Lipinski definition) is 3. The quantitative estimate of drug-likeness (QED) is 0.897. The maximum absolute atomic E-state index is 13.0. The Balaban J connectivity index is 1.52. The van der Waals surface area contributed by atoms with E-state index in [0.717, 1.165) is 43.5 Å². The summed E-state index contributed by atoms with van der Waals surface area (Å²) in [6, 6.07) is 6.08. The molecule has 5 rings (SSSR count). The predicted octanol–water partition coefficient (Wildman–Crippen LogP) is 2.72. The van der Waals surface area contributed by atoms with Gasteiger partial charge in [-0.15, -0.1) is 0 Å². The second-order valence-corrected chi connectivity index (χ2v) is 8.98. The standard InChI is InChI=1S/C20H28N2O2/c1-12-5-4-6-16(21-12)19(2,3)18(23)22-17-14-7-13-8-15(17)11-20(24,9-13)10-14/h4-6,13-15,17,24H,7-11H2,1-3H3,(H,22,23). The molecule has 4 bridgehead atoms. The molecule has 0 saturated heterocycles. The van der Waals surface area contributed by atoms with Gasteiger partial charge in [0, 0.05) is 11.7 Å². The average Bonchev–Trinajstić information content (AvgIpc) is 2.49. The van der Waals surface area contributed by atoms with Crippen LogP contribution >= 0.6 is 0 Å². The lowest BCUT2D eigenvalue weighted by Crippen LogP contribution is -2.63. The second kappa shape index (κ2) is 5.29. The van der Waals surface area contributed by atoms with Crippen molar-refractivity contribution in [3.05, 3.63) is 29.6 Å². The van der Waals surface area contributed by atoms with Crippen molar-refractivity contribution in [2.75, 3.05) is 0 Å². The van der Waals surface area contributed by atoms with Crippen LogP contribution in [0.25, 0.3) is 0 Å². The van der Waals surface area contributed by atoms with Gasteiger partial charge >= 0.3 is 0 Å². The van der Waals surface area contributed by atoms with E-state index in [1.165, 1.54) is 0 Å². The van der Waals surface area contributed by atoms with E-state index < -0.39 is 11.0 Å². The number of carbonyl (C=O) groups is 1. The van der Waals surface area contributed by atoms with Crippen LogP contribution in [0.5, 0.6) is 0 Å². The molecular formula is C20H28N2O2. The van der Waals surface area contributed by atoms with E-state index in [9.17, 15) is 9.90 Å². The van der Waals surface area contributed by atoms with Gasteiger partial charge in [-0.05, 0) is 82.8 Å². The molecule has 24 heavy (non-hydrogen) atoms. The van der Waals surface area contributed by atoms with Crippen molar-refractivity contribution in [2.45, 2.75) is 69.9 Å². The minimum atomic E-state index is -0.641. The zero-order chi connectivity index (χ0) is 17.1. The molecule has 0 spiro atoms. The van der Waals surface area contributed by atoms with Gasteiger partial charge in [-0.25, -0.2) is 0 Å². The zero-order valence-electron chi connectivity index (χ0n) is 14.9. The summed E-state index contributed by atoms with van der Waals surface area (Å²) in [5, 5.41) is 14.0. The van der Waals surface area contributed by atoms with Crippen molar-refractivity contribution in [2.24, 2.45) is 17.8 Å². The summed E-state index contributed by atoms with van der Waals surface area (Å²) in [7, 11) is 0. The highest BCUT2D eigenvalue weighted by atomic mass is 16.3. The van der Waals surface area contributed by atoms with E-state index in [-0.39, 0.29) is 11.9 Å². The summed E-state index contributed by atoms with van der Waals surface area (Å²) >= 11 is 0. The zero-order valence-corrected chi connectivity index (χ0v) is 14.9. The molecule has 1 amide bonds. The molecule has 1 heterocycles. The van der Waals surface area contributed by atoms with Crippen LogP contribution in [0.3, 0.4) is 0 Å². The maximum atomic E-state index is 13.0. The van der Waals surface area contributed by atoms with E-state index in [1.807, 2.05) is 39.0 Å². The van der Waals surface area contributed by atoms with Gasteiger partial charge in [-0.1, -0.05) is 6.07 Å². The lowest BCUT2D eigenvalue weighted by Gasteiger charge is -2.58. The molecule has 4 saturated carbocycles. The van der Waals surface area contributed by atoms with E-state index in [2.05, 4.69) is 10.3 Å². The van der Waals surface area contributed by atoms with Crippen molar-refractivity contribution >= 4 is 5.91 Å². The van der Waals surface area contributed by atoms with E-state index in [0.29, 0.717) is 17.8 Å². The Morgan fingerprint density at radius 1 is 1.25 bits per heavy atom. The molecule has 1 aromatic rings. The first-order chi connectivity index (χ1) is 11.3. The largest absolute Gasteiger partial charge is 0.390 e. The summed E-state index contributed by atoms with van der Waals surface area (Å²) < 4.78 is 0. The lowest BCUT2D eigenvalue weighted by atomic mass is 9.52. The summed E-state index contributed by atoms with van der Waals surface area (Å²) in [5.41, 5.74) is 0.663. The number of aryl methyl sites for hydroxylation is 1. The van der Waals surface area contributed by atoms with E-state index in [1.54, 1.807) is 0 Å². The first-order valence-corrected chi connectivity index (χ1v) is 9.24. The Kier molecular flexibility index (Phi) is 3.54. The van der Waals surface area contributed by atoms with Gasteiger partial charge in [0.25, 0.3) is 0 Å². The van der Waals surface area contributed by atoms with Gasteiger partial charge in [0.05, 0.1) is 16.7 Å². The smallest absolute Gasteiger partial charge is 0.231 e. The first-order valence-electron chi connectivity index (χ1n) is 9.24. The SMILES string of the molecule is Cc1cccc(C(C)(C)C(=O)NC2C3CC4CC2CC(O)(C4)C3)n1. The number of rotatable bonds is 3. The Hall–Kier alpha value is -1.42. The molecule has 2 N–H and O–H groups in total. The van der Waals surface area contributed by atoms with Gasteiger partial charge in [0.15, 0.2) is 0 Å². The predicted molar refractivity (Wildman–Crippen MR) is 92.4 cm³/mol. The van der Waals surface area contributed by atoms with Crippen molar-refractivity contribution in [1.82, 2.24) is 10.3 Å². The van der Waals surface area contributed by atoms with Crippen LogP contribution in [0.2, 0.25) is 0 Å². The fourth-order valence-corrected chi connectivity index (χ4v) is 5.56. The monoisotopic (exact) mass is 328 g/mol. The number of nitrogens with one attached hydrogen (secondary N) is 1. The van der Waals surface area contributed by atoms with Crippen LogP contribution in [0, 0.1) is 24.7 Å². The molecule has 2 unspecified atom stereocenters. The van der Waals surface area contributed by atoms with Gasteiger partial charge in [0.2, 0.25) is 5.91 Å². The molecule has 0 aliphatic heterocycles. The summed E-state index contributed by atoms with van der Waals surface area (Å²) in [6.07, 6.45) is 5.00. The fraction of sp³-hybridized carbons (Fsp3) is 0.700. The maximum Gasteiger partial charge on any atom is 0.231 e. The third-order valence-electron chi connectivity index (χ3n) is 6.63. The van der Waals surface area contributed by atoms with Gasteiger partial charge in [0.1, 0.15) is 0 Å². The lowest BCUT2D eigenvalue weighted by molar-refractivity contribution is -0.148. The summed E-state index contributed by atoms with van der Waals surface area (Å²) in [6.45, 7) is 5.86. The number of carbonyl (C=O) groups excluding carboxylic acids is 1. The van der Waals surface area contributed by atoms with Crippen molar-refractivity contribution < 1.29 is 9.90 Å². The van der Waals surface area contributed by atoms with Crippen LogP contribution in [0.15, 0.2) is 18.2 Å². The number of pyridine rings is 1. The molecule has 0 radical (unpaired) electrons. The molecule has 4 aliphatic carbocycles. The number of nitrogens with zero attached hydrogens (tertiary/aromatic N) is 1.